The van der Waals surface area contributed by atoms with E-state index in [1.807, 2.05) is 9.80 Å². The molecule has 0 amide bonds. The molecule has 0 aliphatic carbocycles. The minimum Gasteiger partial charge on any atom is -0.507 e. The van der Waals surface area contributed by atoms with Gasteiger partial charge in [-0.3, -0.25) is 0 Å². The molecular formula is C21H20ClF2N5O3. The van der Waals surface area contributed by atoms with E-state index in [4.69, 9.17) is 21.9 Å². The van der Waals surface area contributed by atoms with E-state index >= 15 is 4.39 Å². The van der Waals surface area contributed by atoms with Crippen molar-refractivity contribution in [3.63, 3.8) is 0 Å². The topological polar surface area (TPSA) is 105 Å². The van der Waals surface area contributed by atoms with Crippen LogP contribution in [0.25, 0.3) is 22.0 Å². The van der Waals surface area contributed by atoms with E-state index in [1.54, 1.807) is 0 Å². The third-order valence-corrected chi connectivity index (χ3v) is 5.73. The van der Waals surface area contributed by atoms with Gasteiger partial charge in [0, 0.05) is 43.5 Å². The number of hydrogen-bond donors (Lipinski definition) is 3. The van der Waals surface area contributed by atoms with Gasteiger partial charge < -0.3 is 25.2 Å². The Morgan fingerprint density at radius 1 is 1.12 bits per heavy atom. The molecule has 1 saturated heterocycles. The number of amidine groups is 1. The van der Waals surface area contributed by atoms with Crippen molar-refractivity contribution < 1.29 is 24.2 Å². The van der Waals surface area contributed by atoms with Crippen LogP contribution in [0.15, 0.2) is 35.7 Å². The Morgan fingerprint density at radius 3 is 2.53 bits per heavy atom. The van der Waals surface area contributed by atoms with Gasteiger partial charge in [0.25, 0.3) is 0 Å². The summed E-state index contributed by atoms with van der Waals surface area (Å²) in [7, 11) is 0. The van der Waals surface area contributed by atoms with Crippen molar-refractivity contribution in [1.29, 1.82) is 0 Å². The van der Waals surface area contributed by atoms with E-state index in [-0.39, 0.29) is 34.7 Å². The van der Waals surface area contributed by atoms with Crippen molar-refractivity contribution in [1.82, 2.24) is 14.9 Å². The molecule has 1 fully saturated rings. The summed E-state index contributed by atoms with van der Waals surface area (Å²) in [6, 6.07) is 5.15. The molecule has 0 radical (unpaired) electrons. The van der Waals surface area contributed by atoms with Gasteiger partial charge in [0.2, 0.25) is 0 Å². The molecule has 2 aromatic carbocycles. The minimum absolute atomic E-state index is 0.0441. The van der Waals surface area contributed by atoms with Crippen LogP contribution in [0.2, 0.25) is 5.02 Å². The highest BCUT2D eigenvalue weighted by Crippen LogP contribution is 2.42. The number of phenols is 1. The lowest BCUT2D eigenvalue weighted by Gasteiger charge is -2.36. The van der Waals surface area contributed by atoms with Gasteiger partial charge in [0.15, 0.2) is 5.82 Å². The van der Waals surface area contributed by atoms with Gasteiger partial charge >= 0.3 is 0 Å². The lowest BCUT2D eigenvalue weighted by atomic mass is 10.0. The fraction of sp³-hybridized carbons (Fsp3) is 0.286. The summed E-state index contributed by atoms with van der Waals surface area (Å²) in [5.41, 5.74) is -0.639. The number of aromatic hydroxyl groups is 1. The molecule has 1 aliphatic rings. The number of oxime groups is 1. The Labute approximate surface area is 187 Å². The number of halogens is 3. The third-order valence-electron chi connectivity index (χ3n) is 5.44. The fourth-order valence-electron chi connectivity index (χ4n) is 3.91. The van der Waals surface area contributed by atoms with E-state index in [2.05, 4.69) is 15.1 Å². The second-order valence-corrected chi connectivity index (χ2v) is 7.65. The number of aromatic nitrogens is 2. The molecule has 0 spiro atoms. The number of piperazine rings is 1. The maximum atomic E-state index is 15.5. The maximum absolute atomic E-state index is 15.5. The van der Waals surface area contributed by atoms with E-state index < -0.39 is 17.4 Å². The lowest BCUT2D eigenvalue weighted by Crippen LogP contribution is -2.49. The summed E-state index contributed by atoms with van der Waals surface area (Å²) >= 11 is 6.35. The molecule has 168 valence electrons. The van der Waals surface area contributed by atoms with E-state index in [0.717, 1.165) is 6.07 Å². The van der Waals surface area contributed by atoms with Crippen LogP contribution in [0.3, 0.4) is 0 Å². The first-order valence-corrected chi connectivity index (χ1v) is 10.3. The zero-order valence-electron chi connectivity index (χ0n) is 16.8. The smallest absolute Gasteiger partial charge is 0.159 e. The van der Waals surface area contributed by atoms with Gasteiger partial charge in [0.1, 0.15) is 35.1 Å². The van der Waals surface area contributed by atoms with Crippen LogP contribution in [0.4, 0.5) is 14.6 Å². The molecule has 8 nitrogen and oxygen atoms in total. The molecule has 0 atom stereocenters. The first kappa shape index (κ1) is 22.0. The Balaban J connectivity index is 1.72. The zero-order valence-corrected chi connectivity index (χ0v) is 17.6. The van der Waals surface area contributed by atoms with Gasteiger partial charge in [-0.05, 0) is 18.2 Å². The maximum Gasteiger partial charge on any atom is 0.159 e. The highest BCUT2D eigenvalue weighted by molar-refractivity contribution is 6.34. The summed E-state index contributed by atoms with van der Waals surface area (Å²) < 4.78 is 29.9. The van der Waals surface area contributed by atoms with Crippen LogP contribution >= 0.6 is 11.6 Å². The molecule has 0 bridgehead atoms. The summed E-state index contributed by atoms with van der Waals surface area (Å²) in [4.78, 5) is 12.1. The summed E-state index contributed by atoms with van der Waals surface area (Å²) in [5, 5.41) is 31.9. The van der Waals surface area contributed by atoms with Crippen molar-refractivity contribution in [3.8, 4) is 16.9 Å². The van der Waals surface area contributed by atoms with Gasteiger partial charge in [-0.1, -0.05) is 22.8 Å². The summed E-state index contributed by atoms with van der Waals surface area (Å²) in [5.74, 6) is -1.24. The summed E-state index contributed by atoms with van der Waals surface area (Å²) in [6.07, 6.45) is 1.46. The van der Waals surface area contributed by atoms with E-state index in [0.29, 0.717) is 43.2 Å². The van der Waals surface area contributed by atoms with Crippen LogP contribution in [0.1, 0.15) is 6.42 Å². The third kappa shape index (κ3) is 3.87. The first-order chi connectivity index (χ1) is 15.5. The normalized spacial score (nSPS) is 14.9. The average molecular weight is 464 g/mol. The van der Waals surface area contributed by atoms with E-state index in [1.165, 1.54) is 24.5 Å². The highest BCUT2D eigenvalue weighted by atomic mass is 35.5. The highest BCUT2D eigenvalue weighted by Gasteiger charge is 2.26. The number of fused-ring (bicyclic) bond motifs is 1. The largest absolute Gasteiger partial charge is 0.507 e. The number of phenolic OH excluding ortho intramolecular Hbond substituents is 1. The number of aliphatic hydroxyl groups is 1. The number of hydrogen-bond acceptors (Lipinski definition) is 7. The van der Waals surface area contributed by atoms with Gasteiger partial charge in [-0.2, -0.15) is 0 Å². The van der Waals surface area contributed by atoms with Crippen LogP contribution in [0, 0.1) is 11.6 Å². The van der Waals surface area contributed by atoms with Crippen LogP contribution in [-0.4, -0.2) is 68.9 Å². The van der Waals surface area contributed by atoms with Crippen LogP contribution in [0.5, 0.6) is 5.75 Å². The predicted octanol–water partition coefficient (Wildman–Crippen LogP) is 3.23. The number of rotatable bonds is 4. The fourth-order valence-corrected chi connectivity index (χ4v) is 4.19. The SMILES string of the molecule is OCC/C(=N\O)N1CCN(c2ncnc3c(F)c(-c4c(O)cccc4F)c(Cl)cc23)CC1. The number of anilines is 1. The van der Waals surface area contributed by atoms with Gasteiger partial charge in [-0.15, -0.1) is 0 Å². The molecule has 0 saturated carbocycles. The van der Waals surface area contributed by atoms with Crippen molar-refractivity contribution >= 4 is 34.2 Å². The molecule has 11 heteroatoms. The second-order valence-electron chi connectivity index (χ2n) is 7.24. The number of aliphatic hydroxyl groups excluding tert-OH is 1. The average Bonchev–Trinajstić information content (AvgIpc) is 2.79. The number of benzene rings is 2. The Kier molecular flexibility index (Phi) is 6.24. The predicted molar refractivity (Wildman–Crippen MR) is 116 cm³/mol. The molecule has 1 aliphatic heterocycles. The van der Waals surface area contributed by atoms with Crippen LogP contribution in [-0.2, 0) is 0 Å². The molecule has 4 rings (SSSR count). The molecule has 1 aromatic heterocycles. The molecule has 32 heavy (non-hydrogen) atoms. The van der Waals surface area contributed by atoms with Crippen molar-refractivity contribution in [2.45, 2.75) is 6.42 Å². The molecule has 3 aromatic rings. The summed E-state index contributed by atoms with van der Waals surface area (Å²) in [6.45, 7) is 1.86. The zero-order chi connectivity index (χ0) is 22.8. The Morgan fingerprint density at radius 2 is 1.88 bits per heavy atom. The second kappa shape index (κ2) is 9.09. The monoisotopic (exact) mass is 463 g/mol. The quantitative estimate of drug-likeness (QED) is 0.236. The minimum atomic E-state index is -0.854. The van der Waals surface area contributed by atoms with Crippen molar-refractivity contribution in [2.75, 3.05) is 37.7 Å². The Hall–Kier alpha value is -3.24. The van der Waals surface area contributed by atoms with Gasteiger partial charge in [0.05, 0.1) is 17.2 Å². The van der Waals surface area contributed by atoms with Crippen LogP contribution < -0.4 is 4.90 Å². The molecule has 2 heterocycles. The molecular weight excluding hydrogens is 444 g/mol. The van der Waals surface area contributed by atoms with Gasteiger partial charge in [-0.25, -0.2) is 18.7 Å². The molecule has 3 N–H and O–H groups in total. The Bertz CT molecular complexity index is 1170. The van der Waals surface area contributed by atoms with Crippen molar-refractivity contribution in [2.24, 2.45) is 5.16 Å². The first-order valence-electron chi connectivity index (χ1n) is 9.88. The number of nitrogens with zero attached hydrogens (tertiary/aromatic N) is 5. The molecule has 0 unspecified atom stereocenters. The van der Waals surface area contributed by atoms with Crippen molar-refractivity contribution in [3.05, 3.63) is 47.2 Å². The standard InChI is InChI=1S/C21H20ClF2N5O3/c22-13-10-12-20(19(24)17(13)18-14(23)2-1-3-15(18)31)25-11-26-21(12)29-7-5-28(6-8-29)16(27-32)4-9-30/h1-3,10-11,30-32H,4-9H2/b27-16+. The van der Waals surface area contributed by atoms with E-state index in [9.17, 15) is 9.50 Å². The lowest BCUT2D eigenvalue weighted by molar-refractivity contribution is 0.269.